The lowest BCUT2D eigenvalue weighted by molar-refractivity contribution is -0.137. The van der Waals surface area contributed by atoms with Gasteiger partial charge in [0, 0.05) is 25.0 Å². The van der Waals surface area contributed by atoms with Crippen molar-refractivity contribution in [3.8, 4) is 0 Å². The molecule has 3 aliphatic rings. The number of carbonyl (C=O) groups is 2. The largest absolute Gasteiger partial charge is 0.328 e. The molecule has 1 aromatic rings. The number of imide groups is 1. The van der Waals surface area contributed by atoms with Crippen LogP contribution in [0.5, 0.6) is 0 Å². The molecule has 0 aliphatic carbocycles. The standard InChI is InChI=1S/C21H25N5O2/c1-6-11-24-14(3)15(4)26-17-18(22-20(24)26)23(5)21(28)25(19(17)27)12-16-10-8-7-9-13(16)2/h6-10,17-18H,1,11-12H2,2-5H3. The monoisotopic (exact) mass is 379 g/mol. The highest BCUT2D eigenvalue weighted by Crippen LogP contribution is 2.37. The number of amides is 3. The van der Waals surface area contributed by atoms with Crippen LogP contribution in [0.2, 0.25) is 0 Å². The molecule has 1 aromatic carbocycles. The minimum atomic E-state index is -0.536. The molecule has 3 heterocycles. The molecule has 3 aliphatic heterocycles. The van der Waals surface area contributed by atoms with Crippen LogP contribution >= 0.6 is 0 Å². The molecule has 1 fully saturated rings. The minimum absolute atomic E-state index is 0.206. The van der Waals surface area contributed by atoms with Crippen molar-refractivity contribution in [2.24, 2.45) is 4.99 Å². The molecular weight excluding hydrogens is 354 g/mol. The van der Waals surface area contributed by atoms with Crippen molar-refractivity contribution in [1.82, 2.24) is 19.6 Å². The van der Waals surface area contributed by atoms with Gasteiger partial charge < -0.3 is 9.80 Å². The lowest BCUT2D eigenvalue weighted by Crippen LogP contribution is -2.64. The molecule has 4 rings (SSSR count). The van der Waals surface area contributed by atoms with E-state index in [2.05, 4.69) is 6.58 Å². The van der Waals surface area contributed by atoms with Gasteiger partial charge in [-0.25, -0.2) is 9.79 Å². The van der Waals surface area contributed by atoms with Crippen LogP contribution < -0.4 is 0 Å². The molecule has 7 heteroatoms. The van der Waals surface area contributed by atoms with Crippen molar-refractivity contribution < 1.29 is 9.59 Å². The van der Waals surface area contributed by atoms with E-state index in [-0.39, 0.29) is 18.5 Å². The van der Waals surface area contributed by atoms with Crippen LogP contribution in [0.25, 0.3) is 0 Å². The zero-order valence-corrected chi connectivity index (χ0v) is 16.7. The fourth-order valence-electron chi connectivity index (χ4n) is 4.13. The Hall–Kier alpha value is -3.09. The molecule has 2 unspecified atom stereocenters. The summed E-state index contributed by atoms with van der Waals surface area (Å²) in [6, 6.07) is 6.97. The zero-order valence-electron chi connectivity index (χ0n) is 16.7. The highest BCUT2D eigenvalue weighted by atomic mass is 16.2. The molecule has 0 saturated carbocycles. The number of urea groups is 1. The molecule has 0 spiro atoms. The van der Waals surface area contributed by atoms with Gasteiger partial charge >= 0.3 is 6.03 Å². The number of aryl methyl sites for hydroxylation is 1. The molecule has 0 N–H and O–H groups in total. The molecular formula is C21H25N5O2. The number of guanidine groups is 1. The van der Waals surface area contributed by atoms with Crippen LogP contribution in [0.15, 0.2) is 53.3 Å². The number of allylic oxidation sites excluding steroid dienone is 2. The first-order valence-electron chi connectivity index (χ1n) is 9.42. The van der Waals surface area contributed by atoms with Crippen LogP contribution in [0.3, 0.4) is 0 Å². The second kappa shape index (κ2) is 6.51. The van der Waals surface area contributed by atoms with Crippen LogP contribution in [0.1, 0.15) is 25.0 Å². The van der Waals surface area contributed by atoms with Gasteiger partial charge in [-0.1, -0.05) is 30.3 Å². The quantitative estimate of drug-likeness (QED) is 0.755. The smallest absolute Gasteiger partial charge is 0.311 e. The number of hydrogen-bond acceptors (Lipinski definition) is 5. The number of aliphatic imine (C=N–C) groups is 1. The van der Waals surface area contributed by atoms with Gasteiger partial charge in [0.05, 0.1) is 6.54 Å². The maximum atomic E-state index is 13.4. The van der Waals surface area contributed by atoms with Gasteiger partial charge in [0.1, 0.15) is 0 Å². The first kappa shape index (κ1) is 18.3. The Labute approximate surface area is 165 Å². The first-order valence-corrected chi connectivity index (χ1v) is 9.42. The number of benzene rings is 1. The van der Waals surface area contributed by atoms with Gasteiger partial charge in [-0.05, 0) is 31.9 Å². The van der Waals surface area contributed by atoms with Crippen LogP contribution in [0, 0.1) is 6.92 Å². The van der Waals surface area contributed by atoms with Crippen molar-refractivity contribution in [2.45, 2.75) is 39.5 Å². The Bertz CT molecular complexity index is 934. The van der Waals surface area contributed by atoms with Gasteiger partial charge in [-0.3, -0.25) is 14.6 Å². The fourth-order valence-corrected chi connectivity index (χ4v) is 4.13. The number of hydrogen-bond donors (Lipinski definition) is 0. The third-order valence-electron chi connectivity index (χ3n) is 5.90. The van der Waals surface area contributed by atoms with Gasteiger partial charge in [-0.15, -0.1) is 6.58 Å². The predicted octanol–water partition coefficient (Wildman–Crippen LogP) is 2.51. The van der Waals surface area contributed by atoms with Crippen LogP contribution in [0.4, 0.5) is 4.79 Å². The van der Waals surface area contributed by atoms with E-state index in [9.17, 15) is 9.59 Å². The Kier molecular flexibility index (Phi) is 4.25. The second-order valence-electron chi connectivity index (χ2n) is 7.47. The van der Waals surface area contributed by atoms with E-state index in [0.717, 1.165) is 28.5 Å². The van der Waals surface area contributed by atoms with Crippen molar-refractivity contribution in [3.63, 3.8) is 0 Å². The molecule has 2 atom stereocenters. The summed E-state index contributed by atoms with van der Waals surface area (Å²) in [7, 11) is 1.72. The summed E-state index contributed by atoms with van der Waals surface area (Å²) in [5.74, 6) is 0.512. The van der Waals surface area contributed by atoms with E-state index < -0.39 is 12.2 Å². The third kappa shape index (κ3) is 2.46. The number of likely N-dealkylation sites (N-methyl/N-ethyl adjacent to an activating group) is 1. The number of carbonyl (C=O) groups excluding carboxylic acids is 2. The molecule has 0 aromatic heterocycles. The normalized spacial score (nSPS) is 24.1. The van der Waals surface area contributed by atoms with Crippen molar-refractivity contribution in [2.75, 3.05) is 13.6 Å². The Morgan fingerprint density at radius 2 is 1.82 bits per heavy atom. The Morgan fingerprint density at radius 1 is 1.11 bits per heavy atom. The highest BCUT2D eigenvalue weighted by Gasteiger charge is 2.55. The number of nitrogens with zero attached hydrogens (tertiary/aromatic N) is 5. The summed E-state index contributed by atoms with van der Waals surface area (Å²) in [5, 5.41) is 0. The molecule has 0 bridgehead atoms. The summed E-state index contributed by atoms with van der Waals surface area (Å²) < 4.78 is 0. The summed E-state index contributed by atoms with van der Waals surface area (Å²) in [6.07, 6.45) is 1.30. The van der Waals surface area contributed by atoms with Gasteiger partial charge in [0.2, 0.25) is 5.96 Å². The zero-order chi connectivity index (χ0) is 20.2. The predicted molar refractivity (Wildman–Crippen MR) is 107 cm³/mol. The van der Waals surface area contributed by atoms with Crippen LogP contribution in [-0.4, -0.2) is 63.3 Å². The fraction of sp³-hybridized carbons (Fsp3) is 0.381. The van der Waals surface area contributed by atoms with E-state index >= 15 is 0 Å². The van der Waals surface area contributed by atoms with Gasteiger partial charge in [-0.2, -0.15) is 0 Å². The van der Waals surface area contributed by atoms with Gasteiger partial charge in [0.15, 0.2) is 12.2 Å². The summed E-state index contributed by atoms with van der Waals surface area (Å²) in [6.45, 7) is 10.7. The molecule has 1 saturated heterocycles. The Balaban J connectivity index is 1.70. The van der Waals surface area contributed by atoms with Crippen LogP contribution in [-0.2, 0) is 11.3 Å². The van der Waals surface area contributed by atoms with Crippen molar-refractivity contribution in [1.29, 1.82) is 0 Å². The highest BCUT2D eigenvalue weighted by molar-refractivity contribution is 6.05. The van der Waals surface area contributed by atoms with Crippen molar-refractivity contribution >= 4 is 17.9 Å². The molecule has 3 amide bonds. The van der Waals surface area contributed by atoms with E-state index in [1.54, 1.807) is 11.9 Å². The third-order valence-corrected chi connectivity index (χ3v) is 5.90. The van der Waals surface area contributed by atoms with E-state index in [1.165, 1.54) is 4.90 Å². The Morgan fingerprint density at radius 3 is 2.50 bits per heavy atom. The summed E-state index contributed by atoms with van der Waals surface area (Å²) >= 11 is 0. The number of fused-ring (bicyclic) bond motifs is 3. The maximum absolute atomic E-state index is 13.4. The minimum Gasteiger partial charge on any atom is -0.311 e. The molecule has 28 heavy (non-hydrogen) atoms. The second-order valence-corrected chi connectivity index (χ2v) is 7.47. The van der Waals surface area contributed by atoms with E-state index in [1.807, 2.05) is 60.9 Å². The first-order chi connectivity index (χ1) is 13.4. The van der Waals surface area contributed by atoms with Gasteiger partial charge in [0.25, 0.3) is 5.91 Å². The molecule has 146 valence electrons. The molecule has 7 nitrogen and oxygen atoms in total. The topological polar surface area (TPSA) is 59.5 Å². The van der Waals surface area contributed by atoms with E-state index in [4.69, 9.17) is 4.99 Å². The van der Waals surface area contributed by atoms with E-state index in [0.29, 0.717) is 6.54 Å². The SMILES string of the molecule is C=CCN1C2=NC3C(C(=O)N(Cc4ccccc4C)C(=O)N3C)N2C(C)=C1C. The average molecular weight is 379 g/mol. The summed E-state index contributed by atoms with van der Waals surface area (Å²) in [5.41, 5.74) is 4.06. The number of rotatable bonds is 4. The molecule has 0 radical (unpaired) electrons. The lowest BCUT2D eigenvalue weighted by Gasteiger charge is -2.41. The van der Waals surface area contributed by atoms with Crippen molar-refractivity contribution in [3.05, 3.63) is 59.4 Å². The average Bonchev–Trinajstić information content (AvgIpc) is 3.17. The summed E-state index contributed by atoms with van der Waals surface area (Å²) in [4.78, 5) is 38.1. The lowest BCUT2D eigenvalue weighted by atomic mass is 10.1. The maximum Gasteiger partial charge on any atom is 0.328 e.